The van der Waals surface area contributed by atoms with Gasteiger partial charge in [-0.15, -0.1) is 0 Å². The third-order valence-corrected chi connectivity index (χ3v) is 2.72. The molecule has 1 atom stereocenters. The van der Waals surface area contributed by atoms with Crippen LogP contribution in [0.5, 0.6) is 5.75 Å². The lowest BCUT2D eigenvalue weighted by Gasteiger charge is -2.14. The van der Waals surface area contributed by atoms with Crippen molar-refractivity contribution in [1.82, 2.24) is 0 Å². The van der Waals surface area contributed by atoms with Crippen molar-refractivity contribution in [2.24, 2.45) is 0 Å². The zero-order valence-corrected chi connectivity index (χ0v) is 9.52. The molecule has 0 fully saturated rings. The Balaban J connectivity index is 3.52. The van der Waals surface area contributed by atoms with E-state index in [1.54, 1.807) is 13.8 Å². The van der Waals surface area contributed by atoms with E-state index in [1.807, 2.05) is 6.07 Å². The highest BCUT2D eigenvalue weighted by Crippen LogP contribution is 2.37. The van der Waals surface area contributed by atoms with Crippen LogP contribution >= 0.6 is 11.6 Å². The number of aryl methyl sites for hydroxylation is 1. The molecule has 0 spiro atoms. The molecule has 0 N–H and O–H groups in total. The smallest absolute Gasteiger partial charge is 0.165 e. The fraction of sp³-hybridized carbons (Fsp3) is 0.364. The van der Waals surface area contributed by atoms with Gasteiger partial charge in [0.05, 0.1) is 24.1 Å². The van der Waals surface area contributed by atoms with Crippen LogP contribution in [0.1, 0.15) is 24.0 Å². The van der Waals surface area contributed by atoms with Gasteiger partial charge in [-0.3, -0.25) is 0 Å². The van der Waals surface area contributed by atoms with Crippen LogP contribution in [0.25, 0.3) is 0 Å². The van der Waals surface area contributed by atoms with E-state index in [0.29, 0.717) is 16.1 Å². The maximum absolute atomic E-state index is 13.5. The molecule has 0 heterocycles. The monoisotopic (exact) mass is 227 g/mol. The Morgan fingerprint density at radius 2 is 2.20 bits per heavy atom. The van der Waals surface area contributed by atoms with Gasteiger partial charge in [0.2, 0.25) is 0 Å². The van der Waals surface area contributed by atoms with Crippen LogP contribution in [0, 0.1) is 24.1 Å². The molecule has 0 aromatic heterocycles. The standard InChI is InChI=1S/C11H11ClFNO/c1-6-4-8(13)11(15-3)9(10(6)12)7(2)5-14/h4,7H,1-3H3. The third-order valence-electron chi connectivity index (χ3n) is 2.22. The van der Waals surface area contributed by atoms with Crippen molar-refractivity contribution in [2.45, 2.75) is 19.8 Å². The molecule has 0 saturated heterocycles. The SMILES string of the molecule is COc1c(F)cc(C)c(Cl)c1C(C)C#N. The molecule has 1 rings (SSSR count). The Kier molecular flexibility index (Phi) is 3.54. The summed E-state index contributed by atoms with van der Waals surface area (Å²) in [6, 6.07) is 3.32. The van der Waals surface area contributed by atoms with E-state index >= 15 is 0 Å². The predicted octanol–water partition coefficient (Wildman–Crippen LogP) is 3.42. The topological polar surface area (TPSA) is 33.0 Å². The molecule has 1 aromatic carbocycles. The van der Waals surface area contributed by atoms with Crippen LogP contribution in [0.4, 0.5) is 4.39 Å². The first kappa shape index (κ1) is 11.8. The summed E-state index contributed by atoms with van der Waals surface area (Å²) in [5.74, 6) is -0.932. The molecule has 0 aliphatic carbocycles. The normalized spacial score (nSPS) is 12.0. The number of methoxy groups -OCH3 is 1. The lowest BCUT2D eigenvalue weighted by molar-refractivity contribution is 0.380. The summed E-state index contributed by atoms with van der Waals surface area (Å²) in [6.45, 7) is 3.35. The Bertz CT molecular complexity index is 426. The quantitative estimate of drug-likeness (QED) is 0.776. The van der Waals surface area contributed by atoms with Crippen molar-refractivity contribution >= 4 is 11.6 Å². The van der Waals surface area contributed by atoms with Crippen molar-refractivity contribution in [1.29, 1.82) is 5.26 Å². The van der Waals surface area contributed by atoms with Crippen LogP contribution in [0.2, 0.25) is 5.02 Å². The lowest BCUT2D eigenvalue weighted by atomic mass is 9.99. The van der Waals surface area contributed by atoms with Gasteiger partial charge in [0.15, 0.2) is 11.6 Å². The summed E-state index contributed by atoms with van der Waals surface area (Å²) in [5, 5.41) is 9.22. The fourth-order valence-electron chi connectivity index (χ4n) is 1.42. The number of nitriles is 1. The van der Waals surface area contributed by atoms with E-state index in [1.165, 1.54) is 13.2 Å². The van der Waals surface area contributed by atoms with Crippen LogP contribution in [-0.4, -0.2) is 7.11 Å². The number of halogens is 2. The average molecular weight is 228 g/mol. The molecule has 4 heteroatoms. The van der Waals surface area contributed by atoms with Gasteiger partial charge in [0.25, 0.3) is 0 Å². The van der Waals surface area contributed by atoms with E-state index in [0.717, 1.165) is 0 Å². The highest BCUT2D eigenvalue weighted by molar-refractivity contribution is 6.32. The maximum Gasteiger partial charge on any atom is 0.165 e. The zero-order valence-electron chi connectivity index (χ0n) is 8.77. The van der Waals surface area contributed by atoms with Crippen molar-refractivity contribution in [3.8, 4) is 11.8 Å². The van der Waals surface area contributed by atoms with E-state index in [-0.39, 0.29) is 5.75 Å². The van der Waals surface area contributed by atoms with Crippen molar-refractivity contribution in [2.75, 3.05) is 7.11 Å². The van der Waals surface area contributed by atoms with E-state index in [9.17, 15) is 4.39 Å². The molecule has 1 aromatic rings. The minimum Gasteiger partial charge on any atom is -0.493 e. The Morgan fingerprint density at radius 1 is 1.60 bits per heavy atom. The van der Waals surface area contributed by atoms with Crippen molar-refractivity contribution in [3.63, 3.8) is 0 Å². The number of nitrogens with zero attached hydrogens (tertiary/aromatic N) is 1. The summed E-state index contributed by atoms with van der Waals surface area (Å²) < 4.78 is 18.4. The Morgan fingerprint density at radius 3 is 2.67 bits per heavy atom. The first-order chi connectivity index (χ1) is 7.02. The number of hydrogen-bond donors (Lipinski definition) is 0. The van der Waals surface area contributed by atoms with Gasteiger partial charge in [0, 0.05) is 5.56 Å². The van der Waals surface area contributed by atoms with Crippen LogP contribution in [0.3, 0.4) is 0 Å². The number of hydrogen-bond acceptors (Lipinski definition) is 2. The second-order valence-corrected chi connectivity index (χ2v) is 3.66. The van der Waals surface area contributed by atoms with Gasteiger partial charge in [-0.2, -0.15) is 5.26 Å². The van der Waals surface area contributed by atoms with Gasteiger partial charge in [-0.1, -0.05) is 11.6 Å². The summed E-state index contributed by atoms with van der Waals surface area (Å²) in [4.78, 5) is 0. The Labute approximate surface area is 93.2 Å². The molecule has 1 unspecified atom stereocenters. The summed E-state index contributed by atoms with van der Waals surface area (Å²) >= 11 is 6.02. The summed E-state index contributed by atoms with van der Waals surface area (Å²) in [5.41, 5.74) is 1.02. The average Bonchev–Trinajstić information content (AvgIpc) is 2.21. The predicted molar refractivity (Wildman–Crippen MR) is 56.7 cm³/mol. The summed E-state index contributed by atoms with van der Waals surface area (Å²) in [7, 11) is 1.36. The van der Waals surface area contributed by atoms with Crippen molar-refractivity contribution < 1.29 is 9.13 Å². The molecule has 2 nitrogen and oxygen atoms in total. The molecule has 15 heavy (non-hydrogen) atoms. The molecule has 0 radical (unpaired) electrons. The Hall–Kier alpha value is -1.27. The molecule has 0 aliphatic heterocycles. The largest absolute Gasteiger partial charge is 0.493 e. The highest BCUT2D eigenvalue weighted by atomic mass is 35.5. The third kappa shape index (κ3) is 2.05. The molecular weight excluding hydrogens is 217 g/mol. The van der Waals surface area contributed by atoms with Gasteiger partial charge in [-0.05, 0) is 25.5 Å². The van der Waals surface area contributed by atoms with E-state index in [2.05, 4.69) is 0 Å². The second kappa shape index (κ2) is 4.50. The molecular formula is C11H11ClFNO. The molecule has 0 amide bonds. The molecule has 80 valence electrons. The van der Waals surface area contributed by atoms with E-state index in [4.69, 9.17) is 21.6 Å². The molecule has 0 bridgehead atoms. The minimum atomic E-state index is -0.498. The van der Waals surface area contributed by atoms with Crippen LogP contribution < -0.4 is 4.74 Å². The maximum atomic E-state index is 13.5. The van der Waals surface area contributed by atoms with Crippen LogP contribution in [0.15, 0.2) is 6.07 Å². The zero-order chi connectivity index (χ0) is 11.6. The number of ether oxygens (including phenoxy) is 1. The van der Waals surface area contributed by atoms with Gasteiger partial charge in [-0.25, -0.2) is 4.39 Å². The van der Waals surface area contributed by atoms with Crippen LogP contribution in [-0.2, 0) is 0 Å². The van der Waals surface area contributed by atoms with Gasteiger partial charge < -0.3 is 4.74 Å². The molecule has 0 aliphatic rings. The fourth-order valence-corrected chi connectivity index (χ4v) is 1.72. The number of benzene rings is 1. The molecule has 0 saturated carbocycles. The van der Waals surface area contributed by atoms with Gasteiger partial charge in [0.1, 0.15) is 0 Å². The highest BCUT2D eigenvalue weighted by Gasteiger charge is 2.20. The lowest BCUT2D eigenvalue weighted by Crippen LogP contribution is -2.01. The first-order valence-electron chi connectivity index (χ1n) is 4.45. The summed E-state index contributed by atoms with van der Waals surface area (Å²) in [6.07, 6.45) is 0. The minimum absolute atomic E-state index is 0.0552. The van der Waals surface area contributed by atoms with Gasteiger partial charge >= 0.3 is 0 Å². The van der Waals surface area contributed by atoms with Crippen molar-refractivity contribution in [3.05, 3.63) is 28.0 Å². The number of rotatable bonds is 2. The second-order valence-electron chi connectivity index (χ2n) is 3.29. The first-order valence-corrected chi connectivity index (χ1v) is 4.82. The van der Waals surface area contributed by atoms with E-state index < -0.39 is 11.7 Å².